The lowest BCUT2D eigenvalue weighted by molar-refractivity contribution is 0.0601. The molecule has 0 aliphatic heterocycles. The molecule has 0 heterocycles. The summed E-state index contributed by atoms with van der Waals surface area (Å²) in [6.07, 6.45) is 0. The standard InChI is InChI=1S/C13H11ClO3/c1-16-13(15)12-5-4-10-6-9(8-17-14)2-3-11(10)7-12/h2-7H,8H2,1H3. The first-order valence-electron chi connectivity index (χ1n) is 5.09. The van der Waals surface area contributed by atoms with Crippen LogP contribution < -0.4 is 0 Å². The Morgan fingerprint density at radius 2 is 1.88 bits per heavy atom. The zero-order valence-corrected chi connectivity index (χ0v) is 10.0. The number of carbonyl (C=O) groups excluding carboxylic acids is 1. The van der Waals surface area contributed by atoms with Crippen LogP contribution >= 0.6 is 11.9 Å². The average Bonchev–Trinajstić information content (AvgIpc) is 2.37. The molecule has 4 heteroatoms. The number of esters is 1. The number of halogens is 1. The lowest BCUT2D eigenvalue weighted by Gasteiger charge is -2.04. The van der Waals surface area contributed by atoms with Crippen LogP contribution in [-0.4, -0.2) is 13.1 Å². The number of hydrogen-bond acceptors (Lipinski definition) is 3. The minimum Gasteiger partial charge on any atom is -0.465 e. The minimum atomic E-state index is -0.333. The number of ether oxygens (including phenoxy) is 1. The normalized spacial score (nSPS) is 10.5. The van der Waals surface area contributed by atoms with Gasteiger partial charge in [0.25, 0.3) is 0 Å². The van der Waals surface area contributed by atoms with E-state index in [0.717, 1.165) is 16.3 Å². The summed E-state index contributed by atoms with van der Waals surface area (Å²) in [5.41, 5.74) is 1.53. The van der Waals surface area contributed by atoms with Gasteiger partial charge in [0, 0.05) is 0 Å². The first-order chi connectivity index (χ1) is 8.24. The highest BCUT2D eigenvalue weighted by atomic mass is 35.5. The predicted octanol–water partition coefficient (Wildman–Crippen LogP) is 3.30. The van der Waals surface area contributed by atoms with Crippen molar-refractivity contribution in [2.24, 2.45) is 0 Å². The molecule has 0 aliphatic rings. The van der Waals surface area contributed by atoms with Gasteiger partial charge in [-0.2, -0.15) is 0 Å². The zero-order valence-electron chi connectivity index (χ0n) is 9.27. The summed E-state index contributed by atoms with van der Waals surface area (Å²) >= 11 is 5.21. The summed E-state index contributed by atoms with van der Waals surface area (Å²) in [4.78, 5) is 11.4. The van der Waals surface area contributed by atoms with E-state index >= 15 is 0 Å². The number of fused-ring (bicyclic) bond motifs is 1. The molecule has 0 atom stereocenters. The summed E-state index contributed by atoms with van der Waals surface area (Å²) in [5.74, 6) is -0.333. The van der Waals surface area contributed by atoms with Gasteiger partial charge < -0.3 is 4.74 Å². The van der Waals surface area contributed by atoms with E-state index in [1.165, 1.54) is 7.11 Å². The van der Waals surface area contributed by atoms with Crippen molar-refractivity contribution in [1.29, 1.82) is 0 Å². The quantitative estimate of drug-likeness (QED) is 0.784. The van der Waals surface area contributed by atoms with Crippen molar-refractivity contribution < 1.29 is 13.8 Å². The first kappa shape index (κ1) is 11.9. The Bertz CT molecular complexity index is 551. The molecule has 0 spiro atoms. The van der Waals surface area contributed by atoms with Crippen molar-refractivity contribution in [3.8, 4) is 0 Å². The molecule has 0 bridgehead atoms. The molecule has 0 unspecified atom stereocenters. The van der Waals surface area contributed by atoms with Gasteiger partial charge in [0.2, 0.25) is 0 Å². The highest BCUT2D eigenvalue weighted by molar-refractivity contribution is 6.07. The molecular formula is C13H11ClO3. The molecule has 0 aliphatic carbocycles. The fraction of sp³-hybridized carbons (Fsp3) is 0.154. The summed E-state index contributed by atoms with van der Waals surface area (Å²) in [7, 11) is 1.37. The largest absolute Gasteiger partial charge is 0.465 e. The maximum absolute atomic E-state index is 11.4. The van der Waals surface area contributed by atoms with Gasteiger partial charge in [-0.1, -0.05) is 18.2 Å². The van der Waals surface area contributed by atoms with Crippen LogP contribution in [0.25, 0.3) is 10.8 Å². The van der Waals surface area contributed by atoms with Gasteiger partial charge in [-0.3, -0.25) is 4.29 Å². The highest BCUT2D eigenvalue weighted by Crippen LogP contribution is 2.19. The maximum atomic E-state index is 11.4. The molecule has 88 valence electrons. The number of hydrogen-bond donors (Lipinski definition) is 0. The lowest BCUT2D eigenvalue weighted by atomic mass is 10.0. The highest BCUT2D eigenvalue weighted by Gasteiger charge is 2.06. The van der Waals surface area contributed by atoms with Crippen molar-refractivity contribution in [2.75, 3.05) is 7.11 Å². The van der Waals surface area contributed by atoms with E-state index in [9.17, 15) is 4.79 Å². The summed E-state index contributed by atoms with van der Waals surface area (Å²) < 4.78 is 9.23. The molecule has 17 heavy (non-hydrogen) atoms. The van der Waals surface area contributed by atoms with Crippen LogP contribution in [0.2, 0.25) is 0 Å². The lowest BCUT2D eigenvalue weighted by Crippen LogP contribution is -2.00. The third-order valence-corrected chi connectivity index (χ3v) is 2.66. The van der Waals surface area contributed by atoms with E-state index in [1.54, 1.807) is 12.1 Å². The number of carbonyl (C=O) groups is 1. The Hall–Kier alpha value is -1.58. The molecule has 0 N–H and O–H groups in total. The number of rotatable bonds is 3. The van der Waals surface area contributed by atoms with Crippen LogP contribution in [0.3, 0.4) is 0 Å². The van der Waals surface area contributed by atoms with Crippen molar-refractivity contribution in [1.82, 2.24) is 0 Å². The van der Waals surface area contributed by atoms with Crippen molar-refractivity contribution >= 4 is 28.6 Å². The van der Waals surface area contributed by atoms with Gasteiger partial charge in [0.05, 0.1) is 31.1 Å². The van der Waals surface area contributed by atoms with Gasteiger partial charge >= 0.3 is 5.97 Å². The third kappa shape index (κ3) is 2.57. The average molecular weight is 251 g/mol. The summed E-state index contributed by atoms with van der Waals surface area (Å²) in [6, 6.07) is 11.2. The van der Waals surface area contributed by atoms with Crippen LogP contribution in [0.1, 0.15) is 15.9 Å². The molecule has 2 aromatic carbocycles. The van der Waals surface area contributed by atoms with Crippen molar-refractivity contribution in [3.63, 3.8) is 0 Å². The smallest absolute Gasteiger partial charge is 0.337 e. The maximum Gasteiger partial charge on any atom is 0.337 e. The van der Waals surface area contributed by atoms with Crippen molar-refractivity contribution in [3.05, 3.63) is 47.5 Å². The van der Waals surface area contributed by atoms with E-state index in [0.29, 0.717) is 12.2 Å². The Kier molecular flexibility index (Phi) is 3.61. The fourth-order valence-electron chi connectivity index (χ4n) is 1.69. The van der Waals surface area contributed by atoms with Crippen molar-refractivity contribution in [2.45, 2.75) is 6.61 Å². The Labute approximate surface area is 104 Å². The van der Waals surface area contributed by atoms with E-state index < -0.39 is 0 Å². The number of benzene rings is 2. The summed E-state index contributed by atoms with van der Waals surface area (Å²) in [6.45, 7) is 0.357. The molecule has 0 saturated heterocycles. The Morgan fingerprint density at radius 1 is 1.18 bits per heavy atom. The SMILES string of the molecule is COC(=O)c1ccc2cc(COCl)ccc2c1. The van der Waals surface area contributed by atoms with Gasteiger partial charge in [0.15, 0.2) is 0 Å². The molecule has 2 rings (SSSR count). The minimum absolute atomic E-state index is 0.333. The molecule has 0 fully saturated rings. The molecule has 0 amide bonds. The van der Waals surface area contributed by atoms with E-state index in [4.69, 9.17) is 11.9 Å². The van der Waals surface area contributed by atoms with Crippen LogP contribution in [0.4, 0.5) is 0 Å². The summed E-state index contributed by atoms with van der Waals surface area (Å²) in [5, 5.41) is 2.01. The van der Waals surface area contributed by atoms with Crippen LogP contribution in [0, 0.1) is 0 Å². The molecule has 3 nitrogen and oxygen atoms in total. The molecular weight excluding hydrogens is 240 g/mol. The van der Waals surface area contributed by atoms with E-state index in [1.807, 2.05) is 24.3 Å². The zero-order chi connectivity index (χ0) is 12.3. The monoisotopic (exact) mass is 250 g/mol. The van der Waals surface area contributed by atoms with Gasteiger partial charge in [-0.05, 0) is 34.5 Å². The molecule has 0 saturated carbocycles. The van der Waals surface area contributed by atoms with Crippen LogP contribution in [0.5, 0.6) is 0 Å². The van der Waals surface area contributed by atoms with Crippen LogP contribution in [0.15, 0.2) is 36.4 Å². The second-order valence-corrected chi connectivity index (χ2v) is 3.86. The fourth-order valence-corrected chi connectivity index (χ4v) is 1.82. The molecule has 0 radical (unpaired) electrons. The Balaban J connectivity index is 2.43. The van der Waals surface area contributed by atoms with Gasteiger partial charge in [-0.15, -0.1) is 0 Å². The van der Waals surface area contributed by atoms with Gasteiger partial charge in [0.1, 0.15) is 0 Å². The second-order valence-electron chi connectivity index (χ2n) is 3.64. The number of methoxy groups -OCH3 is 1. The van der Waals surface area contributed by atoms with Gasteiger partial charge in [-0.25, -0.2) is 4.79 Å². The van der Waals surface area contributed by atoms with Crippen LogP contribution in [-0.2, 0) is 15.6 Å². The molecule has 0 aromatic heterocycles. The first-order valence-corrected chi connectivity index (χ1v) is 5.40. The topological polar surface area (TPSA) is 35.5 Å². The molecule has 2 aromatic rings. The second kappa shape index (κ2) is 5.17. The Morgan fingerprint density at radius 3 is 2.59 bits per heavy atom. The van der Waals surface area contributed by atoms with E-state index in [-0.39, 0.29) is 5.97 Å². The predicted molar refractivity (Wildman–Crippen MR) is 65.9 cm³/mol. The third-order valence-electron chi connectivity index (χ3n) is 2.55. The van der Waals surface area contributed by atoms with E-state index in [2.05, 4.69) is 9.03 Å².